The number of urea groups is 1. The predicted molar refractivity (Wildman–Crippen MR) is 226 cm³/mol. The second kappa shape index (κ2) is 20.0. The van der Waals surface area contributed by atoms with Crippen LogP contribution in [0, 0.1) is 0 Å². The number of benzene rings is 4. The zero-order valence-corrected chi connectivity index (χ0v) is 34.5. The summed E-state index contributed by atoms with van der Waals surface area (Å²) in [5, 5.41) is 21.7. The SMILES string of the molecule is COc1cc(Nc2nccc(Oc3ccc(NC(=O)Nc4cc(C(C)(C)C)cc(NS(C)(=O)=O)c4OC)c4ccccc34)n2)ccc1C(=O)NCCOCCOCCO. The van der Waals surface area contributed by atoms with Crippen LogP contribution in [0.1, 0.15) is 36.7 Å². The van der Waals surface area contributed by atoms with E-state index < -0.39 is 16.1 Å². The fourth-order valence-electron chi connectivity index (χ4n) is 5.77. The number of nitrogens with one attached hydrogen (secondary N) is 5. The van der Waals surface area contributed by atoms with Crippen molar-refractivity contribution in [2.75, 3.05) is 80.7 Å². The predicted octanol–water partition coefficient (Wildman–Crippen LogP) is 6.25. The molecule has 0 saturated carbocycles. The second-order valence-corrected chi connectivity index (χ2v) is 15.8. The van der Waals surface area contributed by atoms with E-state index in [4.69, 9.17) is 28.8 Å². The maximum atomic E-state index is 13.5. The van der Waals surface area contributed by atoms with E-state index in [0.717, 1.165) is 11.8 Å². The number of amides is 3. The summed E-state index contributed by atoms with van der Waals surface area (Å²) in [5.74, 6) is 1.07. The lowest BCUT2D eigenvalue weighted by Crippen LogP contribution is -2.28. The van der Waals surface area contributed by atoms with Crippen molar-refractivity contribution in [3.63, 3.8) is 0 Å². The monoisotopic (exact) mass is 831 g/mol. The summed E-state index contributed by atoms with van der Waals surface area (Å²) in [4.78, 5) is 35.2. The first-order valence-electron chi connectivity index (χ1n) is 18.5. The molecule has 0 atom stereocenters. The molecule has 314 valence electrons. The van der Waals surface area contributed by atoms with E-state index >= 15 is 0 Å². The van der Waals surface area contributed by atoms with E-state index in [1.54, 1.807) is 48.5 Å². The molecule has 1 heterocycles. The highest BCUT2D eigenvalue weighted by Crippen LogP contribution is 2.40. The summed E-state index contributed by atoms with van der Waals surface area (Å²) in [7, 11) is -0.795. The van der Waals surface area contributed by atoms with Gasteiger partial charge in [0.2, 0.25) is 21.9 Å². The van der Waals surface area contributed by atoms with E-state index in [1.807, 2.05) is 45.0 Å². The Morgan fingerprint density at radius 1 is 0.797 bits per heavy atom. The number of aliphatic hydroxyl groups excluding tert-OH is 1. The molecule has 3 amide bonds. The molecular formula is C41H49N7O10S. The third-order valence-electron chi connectivity index (χ3n) is 8.52. The van der Waals surface area contributed by atoms with Crippen molar-refractivity contribution in [2.24, 2.45) is 0 Å². The van der Waals surface area contributed by atoms with Crippen molar-refractivity contribution in [1.29, 1.82) is 0 Å². The topological polar surface area (TPSA) is 221 Å². The van der Waals surface area contributed by atoms with Gasteiger partial charge in [-0.05, 0) is 47.4 Å². The molecule has 0 aliphatic carbocycles. The zero-order chi connectivity index (χ0) is 42.6. The van der Waals surface area contributed by atoms with Crippen molar-refractivity contribution < 1.29 is 46.8 Å². The lowest BCUT2D eigenvalue weighted by Gasteiger charge is -2.24. The van der Waals surface area contributed by atoms with Crippen LogP contribution < -0.4 is 40.2 Å². The number of carbonyl (C=O) groups excluding carboxylic acids is 2. The third kappa shape index (κ3) is 12.4. The van der Waals surface area contributed by atoms with Gasteiger partial charge in [-0.25, -0.2) is 18.2 Å². The Bertz CT molecular complexity index is 2370. The number of hydrogen-bond donors (Lipinski definition) is 6. The van der Waals surface area contributed by atoms with Crippen LogP contribution in [-0.4, -0.2) is 95.5 Å². The number of methoxy groups -OCH3 is 2. The average Bonchev–Trinajstić information content (AvgIpc) is 3.18. The summed E-state index contributed by atoms with van der Waals surface area (Å²) in [6.45, 7) is 7.38. The Hall–Kier alpha value is -6.21. The molecule has 18 heteroatoms. The number of sulfonamides is 1. The Labute approximate surface area is 342 Å². The number of nitrogens with zero attached hydrogens (tertiary/aromatic N) is 2. The lowest BCUT2D eigenvalue weighted by atomic mass is 9.86. The number of rotatable bonds is 19. The van der Waals surface area contributed by atoms with Crippen molar-refractivity contribution in [2.45, 2.75) is 26.2 Å². The molecule has 5 rings (SSSR count). The third-order valence-corrected chi connectivity index (χ3v) is 9.11. The van der Waals surface area contributed by atoms with Crippen molar-refractivity contribution >= 4 is 61.4 Å². The van der Waals surface area contributed by atoms with Crippen LogP contribution in [-0.2, 0) is 24.9 Å². The minimum atomic E-state index is -3.65. The minimum absolute atomic E-state index is 0.0509. The lowest BCUT2D eigenvalue weighted by molar-refractivity contribution is 0.0338. The minimum Gasteiger partial charge on any atom is -0.496 e. The fraction of sp³-hybridized carbons (Fsp3) is 0.317. The molecule has 0 radical (unpaired) electrons. The van der Waals surface area contributed by atoms with Gasteiger partial charge in [0.15, 0.2) is 5.75 Å². The van der Waals surface area contributed by atoms with Crippen LogP contribution >= 0.6 is 0 Å². The highest BCUT2D eigenvalue weighted by molar-refractivity contribution is 7.92. The number of aliphatic hydroxyl groups is 1. The highest BCUT2D eigenvalue weighted by Gasteiger charge is 2.23. The number of ether oxygens (including phenoxy) is 5. The fourth-order valence-corrected chi connectivity index (χ4v) is 6.32. The van der Waals surface area contributed by atoms with E-state index in [9.17, 15) is 18.0 Å². The van der Waals surface area contributed by atoms with Crippen LogP contribution in [0.15, 0.2) is 79.0 Å². The first-order chi connectivity index (χ1) is 28.2. The average molecular weight is 832 g/mol. The summed E-state index contributed by atoms with van der Waals surface area (Å²) in [6, 6.07) is 20.2. The van der Waals surface area contributed by atoms with Crippen LogP contribution in [0.2, 0.25) is 0 Å². The molecule has 4 aromatic carbocycles. The van der Waals surface area contributed by atoms with Crippen molar-refractivity contribution in [1.82, 2.24) is 15.3 Å². The van der Waals surface area contributed by atoms with Gasteiger partial charge in [-0.3, -0.25) is 9.52 Å². The van der Waals surface area contributed by atoms with Gasteiger partial charge < -0.3 is 50.1 Å². The van der Waals surface area contributed by atoms with Crippen LogP contribution in [0.3, 0.4) is 0 Å². The van der Waals surface area contributed by atoms with Gasteiger partial charge in [-0.2, -0.15) is 4.98 Å². The summed E-state index contributed by atoms with van der Waals surface area (Å²) in [5.41, 5.74) is 2.23. The van der Waals surface area contributed by atoms with Crippen molar-refractivity contribution in [3.8, 4) is 23.1 Å². The van der Waals surface area contributed by atoms with Gasteiger partial charge in [0, 0.05) is 41.3 Å². The zero-order valence-electron chi connectivity index (χ0n) is 33.7. The molecule has 0 fully saturated rings. The van der Waals surface area contributed by atoms with Crippen LogP contribution in [0.25, 0.3) is 10.8 Å². The standard InChI is InChI=1S/C41H49N7O10S/c1-41(2,3)26-23-32(37(55-5)33(24-26)48-59(6,52)53)46-40(51)45-31-13-14-34(29-10-8-7-9-28(29)31)58-36-15-16-43-39(47-36)44-27-11-12-30(35(25-27)54-4)38(50)42-17-19-56-21-22-57-20-18-49/h7-16,23-25,48-49H,17-22H2,1-6H3,(H,42,50)(H,43,44,47)(H2,45,46,51). The van der Waals surface area contributed by atoms with Crippen molar-refractivity contribution in [3.05, 3.63) is 90.1 Å². The molecule has 0 aliphatic rings. The molecule has 0 spiro atoms. The second-order valence-electron chi connectivity index (χ2n) is 14.0. The van der Waals surface area contributed by atoms with Gasteiger partial charge in [-0.1, -0.05) is 45.0 Å². The Kier molecular flexibility index (Phi) is 14.9. The maximum Gasteiger partial charge on any atom is 0.323 e. The molecule has 0 saturated heterocycles. The first kappa shape index (κ1) is 43.9. The molecule has 0 bridgehead atoms. The molecule has 1 aromatic heterocycles. The summed E-state index contributed by atoms with van der Waals surface area (Å²) >= 11 is 0. The molecule has 0 unspecified atom stereocenters. The van der Waals surface area contributed by atoms with E-state index in [0.29, 0.717) is 59.0 Å². The molecule has 59 heavy (non-hydrogen) atoms. The Balaban J connectivity index is 1.27. The van der Waals surface area contributed by atoms with Gasteiger partial charge >= 0.3 is 6.03 Å². The van der Waals surface area contributed by atoms with Crippen LogP contribution in [0.5, 0.6) is 23.1 Å². The molecule has 6 N–H and O–H groups in total. The smallest absolute Gasteiger partial charge is 0.323 e. The van der Waals surface area contributed by atoms with E-state index in [1.165, 1.54) is 20.4 Å². The summed E-state index contributed by atoms with van der Waals surface area (Å²) < 4.78 is 54.6. The van der Waals surface area contributed by atoms with E-state index in [2.05, 4.69) is 36.0 Å². The molecule has 5 aromatic rings. The maximum absolute atomic E-state index is 13.5. The van der Waals surface area contributed by atoms with Gasteiger partial charge in [0.25, 0.3) is 5.91 Å². The first-order valence-corrected chi connectivity index (χ1v) is 20.4. The normalized spacial score (nSPS) is 11.4. The number of hydrogen-bond acceptors (Lipinski definition) is 13. The number of aromatic nitrogens is 2. The molecular weight excluding hydrogens is 783 g/mol. The largest absolute Gasteiger partial charge is 0.496 e. The Morgan fingerprint density at radius 3 is 2.20 bits per heavy atom. The molecule has 0 aliphatic heterocycles. The number of carbonyl (C=O) groups is 2. The quantitative estimate of drug-likeness (QED) is 0.0508. The number of fused-ring (bicyclic) bond motifs is 1. The van der Waals surface area contributed by atoms with Crippen LogP contribution in [0.4, 0.5) is 33.5 Å². The highest BCUT2D eigenvalue weighted by atomic mass is 32.2. The van der Waals surface area contributed by atoms with Gasteiger partial charge in [-0.15, -0.1) is 0 Å². The van der Waals surface area contributed by atoms with E-state index in [-0.39, 0.29) is 60.0 Å². The van der Waals surface area contributed by atoms with Gasteiger partial charge in [0.1, 0.15) is 11.5 Å². The number of anilines is 5. The summed E-state index contributed by atoms with van der Waals surface area (Å²) in [6.07, 6.45) is 2.58. The molecule has 17 nitrogen and oxygen atoms in total. The van der Waals surface area contributed by atoms with Gasteiger partial charge in [0.05, 0.1) is 76.1 Å². The Morgan fingerprint density at radius 2 is 1.51 bits per heavy atom.